The maximum absolute atomic E-state index is 12.7. The molecule has 1 N–H and O–H groups in total. The van der Waals surface area contributed by atoms with Crippen LogP contribution >= 0.6 is 11.6 Å². The maximum atomic E-state index is 12.7. The lowest BCUT2D eigenvalue weighted by atomic mass is 10.2. The van der Waals surface area contributed by atoms with Crippen molar-refractivity contribution >= 4 is 44.2 Å². The fraction of sp³-hybridized carbons (Fsp3) is 0.238. The molecule has 156 valence electrons. The first-order valence-electron chi connectivity index (χ1n) is 9.49. The van der Waals surface area contributed by atoms with Gasteiger partial charge >= 0.3 is 0 Å². The van der Waals surface area contributed by atoms with E-state index in [1.54, 1.807) is 6.07 Å². The van der Waals surface area contributed by atoms with Gasteiger partial charge in [0, 0.05) is 29.9 Å². The first-order chi connectivity index (χ1) is 14.3. The predicted octanol–water partition coefficient (Wildman–Crippen LogP) is 3.87. The van der Waals surface area contributed by atoms with Crippen molar-refractivity contribution in [1.82, 2.24) is 4.31 Å². The summed E-state index contributed by atoms with van der Waals surface area (Å²) in [5.41, 5.74) is 0.253. The van der Waals surface area contributed by atoms with Gasteiger partial charge in [-0.2, -0.15) is 4.31 Å². The number of piperidine rings is 1. The molecule has 2 aromatic carbocycles. The van der Waals surface area contributed by atoms with Crippen LogP contribution in [-0.2, 0) is 10.0 Å². The van der Waals surface area contributed by atoms with Crippen molar-refractivity contribution in [3.05, 3.63) is 69.5 Å². The third-order valence-corrected chi connectivity index (χ3v) is 7.13. The van der Waals surface area contributed by atoms with Gasteiger partial charge in [0.1, 0.15) is 5.58 Å². The van der Waals surface area contributed by atoms with Gasteiger partial charge in [-0.15, -0.1) is 0 Å². The van der Waals surface area contributed by atoms with Gasteiger partial charge in [0.15, 0.2) is 11.2 Å². The summed E-state index contributed by atoms with van der Waals surface area (Å²) in [4.78, 5) is 24.9. The van der Waals surface area contributed by atoms with E-state index in [4.69, 9.17) is 16.0 Å². The Labute approximate surface area is 178 Å². The van der Waals surface area contributed by atoms with E-state index < -0.39 is 15.9 Å². The third-order valence-electron chi connectivity index (χ3n) is 4.98. The lowest BCUT2D eigenvalue weighted by Crippen LogP contribution is -2.35. The van der Waals surface area contributed by atoms with Crippen LogP contribution in [0.5, 0.6) is 0 Å². The molecule has 7 nitrogen and oxygen atoms in total. The Morgan fingerprint density at radius 2 is 1.70 bits per heavy atom. The zero-order chi connectivity index (χ0) is 21.3. The molecule has 3 aromatic rings. The van der Waals surface area contributed by atoms with Crippen LogP contribution in [0.15, 0.2) is 62.6 Å². The Balaban J connectivity index is 1.53. The van der Waals surface area contributed by atoms with E-state index in [2.05, 4.69) is 5.32 Å². The summed E-state index contributed by atoms with van der Waals surface area (Å²) in [6, 6.07) is 11.6. The Bertz CT molecular complexity index is 1260. The van der Waals surface area contributed by atoms with Crippen molar-refractivity contribution < 1.29 is 17.6 Å². The fourth-order valence-corrected chi connectivity index (χ4v) is 5.09. The van der Waals surface area contributed by atoms with Crippen LogP contribution in [0, 0.1) is 0 Å². The summed E-state index contributed by atoms with van der Waals surface area (Å²) < 4.78 is 32.4. The SMILES string of the molecule is O=C(Nc1ccc(S(=O)(=O)N2CCCCC2)cc1)c1cc(=O)c2cc(Cl)ccc2o1. The van der Waals surface area contributed by atoms with Crippen LogP contribution < -0.4 is 10.7 Å². The van der Waals surface area contributed by atoms with Crippen LogP contribution in [0.25, 0.3) is 11.0 Å². The summed E-state index contributed by atoms with van der Waals surface area (Å²) in [7, 11) is -3.54. The molecule has 0 atom stereocenters. The number of anilines is 1. The number of benzene rings is 2. The van der Waals surface area contributed by atoms with E-state index in [1.807, 2.05) is 0 Å². The van der Waals surface area contributed by atoms with Crippen molar-refractivity contribution in [2.24, 2.45) is 0 Å². The van der Waals surface area contributed by atoms with E-state index in [0.29, 0.717) is 23.8 Å². The van der Waals surface area contributed by atoms with E-state index in [0.717, 1.165) is 25.3 Å². The van der Waals surface area contributed by atoms with Crippen LogP contribution in [-0.4, -0.2) is 31.7 Å². The number of fused-ring (bicyclic) bond motifs is 1. The van der Waals surface area contributed by atoms with Gasteiger partial charge in [0.05, 0.1) is 10.3 Å². The minimum absolute atomic E-state index is 0.153. The van der Waals surface area contributed by atoms with Crippen LogP contribution in [0.2, 0.25) is 5.02 Å². The molecule has 4 rings (SSSR count). The molecule has 0 spiro atoms. The van der Waals surface area contributed by atoms with E-state index >= 15 is 0 Å². The number of rotatable bonds is 4. The minimum Gasteiger partial charge on any atom is -0.451 e. The summed E-state index contributed by atoms with van der Waals surface area (Å²) in [5.74, 6) is -0.768. The van der Waals surface area contributed by atoms with Crippen LogP contribution in [0.1, 0.15) is 29.8 Å². The second-order valence-electron chi connectivity index (χ2n) is 7.06. The van der Waals surface area contributed by atoms with Crippen LogP contribution in [0.4, 0.5) is 5.69 Å². The van der Waals surface area contributed by atoms with Crippen LogP contribution in [0.3, 0.4) is 0 Å². The number of hydrogen-bond donors (Lipinski definition) is 1. The molecule has 0 bridgehead atoms. The Morgan fingerprint density at radius 1 is 1.00 bits per heavy atom. The molecule has 0 saturated carbocycles. The quantitative estimate of drug-likeness (QED) is 0.656. The second kappa shape index (κ2) is 8.22. The van der Waals surface area contributed by atoms with Gasteiger partial charge in [0.2, 0.25) is 10.0 Å². The average Bonchev–Trinajstić information content (AvgIpc) is 2.75. The summed E-state index contributed by atoms with van der Waals surface area (Å²) in [5, 5.41) is 3.29. The molecule has 0 unspecified atom stereocenters. The summed E-state index contributed by atoms with van der Waals surface area (Å²) >= 11 is 5.89. The van der Waals surface area contributed by atoms with Gasteiger partial charge in [-0.25, -0.2) is 8.42 Å². The molecule has 0 radical (unpaired) electrons. The van der Waals surface area contributed by atoms with Crippen molar-refractivity contribution in [3.8, 4) is 0 Å². The number of halogens is 1. The molecule has 1 aromatic heterocycles. The number of nitrogens with one attached hydrogen (secondary N) is 1. The smallest absolute Gasteiger partial charge is 0.291 e. The highest BCUT2D eigenvalue weighted by Gasteiger charge is 2.25. The highest BCUT2D eigenvalue weighted by Crippen LogP contribution is 2.23. The average molecular weight is 447 g/mol. The number of nitrogens with zero attached hydrogens (tertiary/aromatic N) is 1. The predicted molar refractivity (Wildman–Crippen MR) is 114 cm³/mol. The fourth-order valence-electron chi connectivity index (χ4n) is 3.40. The number of carbonyl (C=O) groups excluding carboxylic acids is 1. The van der Waals surface area contributed by atoms with Gasteiger partial charge in [-0.1, -0.05) is 18.0 Å². The van der Waals surface area contributed by atoms with E-state index in [1.165, 1.54) is 40.7 Å². The van der Waals surface area contributed by atoms with E-state index in [9.17, 15) is 18.0 Å². The number of carbonyl (C=O) groups is 1. The molecular weight excluding hydrogens is 428 g/mol. The highest BCUT2D eigenvalue weighted by atomic mass is 35.5. The van der Waals surface area contributed by atoms with Crippen molar-refractivity contribution in [2.45, 2.75) is 24.2 Å². The molecule has 1 fully saturated rings. The summed E-state index contributed by atoms with van der Waals surface area (Å²) in [6.45, 7) is 1.04. The van der Waals surface area contributed by atoms with Crippen molar-refractivity contribution in [2.75, 3.05) is 18.4 Å². The zero-order valence-electron chi connectivity index (χ0n) is 15.9. The molecule has 1 saturated heterocycles. The zero-order valence-corrected chi connectivity index (χ0v) is 17.5. The Morgan fingerprint density at radius 3 is 2.40 bits per heavy atom. The lowest BCUT2D eigenvalue weighted by molar-refractivity contribution is 0.0997. The highest BCUT2D eigenvalue weighted by molar-refractivity contribution is 7.89. The van der Waals surface area contributed by atoms with Gasteiger partial charge in [-0.05, 0) is 55.3 Å². The maximum Gasteiger partial charge on any atom is 0.291 e. The largest absolute Gasteiger partial charge is 0.451 e. The molecule has 30 heavy (non-hydrogen) atoms. The first kappa shape index (κ1) is 20.6. The number of amides is 1. The molecule has 9 heteroatoms. The monoisotopic (exact) mass is 446 g/mol. The minimum atomic E-state index is -3.54. The first-order valence-corrected chi connectivity index (χ1v) is 11.3. The lowest BCUT2D eigenvalue weighted by Gasteiger charge is -2.25. The molecule has 1 aliphatic rings. The molecule has 1 aliphatic heterocycles. The summed E-state index contributed by atoms with van der Waals surface area (Å²) in [6.07, 6.45) is 2.75. The van der Waals surface area contributed by atoms with Gasteiger partial charge in [-0.3, -0.25) is 9.59 Å². The van der Waals surface area contributed by atoms with Gasteiger partial charge < -0.3 is 9.73 Å². The Kier molecular flexibility index (Phi) is 5.64. The molecular formula is C21H19ClN2O5S. The third kappa shape index (κ3) is 4.12. The van der Waals surface area contributed by atoms with Gasteiger partial charge in [0.25, 0.3) is 5.91 Å². The second-order valence-corrected chi connectivity index (χ2v) is 9.43. The normalized spacial score (nSPS) is 15.2. The molecule has 2 heterocycles. The van der Waals surface area contributed by atoms with E-state index in [-0.39, 0.29) is 27.1 Å². The van der Waals surface area contributed by atoms with Crippen molar-refractivity contribution in [1.29, 1.82) is 0 Å². The number of sulfonamides is 1. The standard InChI is InChI=1S/C21H19ClN2O5S/c22-14-4-9-19-17(12-14)18(25)13-20(29-19)21(26)23-15-5-7-16(8-6-15)30(27,28)24-10-2-1-3-11-24/h4-9,12-13H,1-3,10-11H2,(H,23,26). The topological polar surface area (TPSA) is 96.7 Å². The molecule has 1 amide bonds. The number of hydrogen-bond acceptors (Lipinski definition) is 5. The van der Waals surface area contributed by atoms with Crippen molar-refractivity contribution in [3.63, 3.8) is 0 Å². The Hall–Kier alpha value is -2.68. The molecule has 0 aliphatic carbocycles.